The highest BCUT2D eigenvalue weighted by Gasteiger charge is 2.45. The first-order chi connectivity index (χ1) is 10.1. The summed E-state index contributed by atoms with van der Waals surface area (Å²) < 4.78 is 0. The number of carbonyl (C=O) groups is 1. The molecule has 2 fully saturated rings. The quantitative estimate of drug-likeness (QED) is 0.763. The number of likely N-dealkylation sites (tertiary alicyclic amines) is 1. The van der Waals surface area contributed by atoms with Crippen LogP contribution < -0.4 is 4.90 Å². The summed E-state index contributed by atoms with van der Waals surface area (Å²) in [6.45, 7) is 3.54. The molecule has 21 heavy (non-hydrogen) atoms. The summed E-state index contributed by atoms with van der Waals surface area (Å²) in [4.78, 5) is 15.9. The Morgan fingerprint density at radius 2 is 2.29 bits per heavy atom. The van der Waals surface area contributed by atoms with Crippen molar-refractivity contribution in [1.29, 1.82) is 5.26 Å². The predicted molar refractivity (Wildman–Crippen MR) is 77.9 cm³/mol. The molecule has 0 spiro atoms. The van der Waals surface area contributed by atoms with E-state index in [4.69, 9.17) is 16.9 Å². The number of aromatic nitrogens is 2. The van der Waals surface area contributed by atoms with Crippen LogP contribution in [-0.2, 0) is 4.79 Å². The van der Waals surface area contributed by atoms with Crippen LogP contribution in [0.4, 0.5) is 5.82 Å². The normalized spacial score (nSPS) is 27.6. The molecule has 110 valence electrons. The van der Waals surface area contributed by atoms with Crippen molar-refractivity contribution in [2.24, 2.45) is 5.92 Å². The molecule has 1 amide bonds. The molecule has 0 N–H and O–H groups in total. The van der Waals surface area contributed by atoms with Crippen molar-refractivity contribution in [1.82, 2.24) is 15.1 Å². The molecule has 0 aliphatic carbocycles. The minimum absolute atomic E-state index is 0.00803. The van der Waals surface area contributed by atoms with Crippen molar-refractivity contribution in [2.45, 2.75) is 25.4 Å². The zero-order valence-electron chi connectivity index (χ0n) is 11.7. The number of alkyl halides is 1. The summed E-state index contributed by atoms with van der Waals surface area (Å²) in [7, 11) is 0. The topological polar surface area (TPSA) is 73.1 Å². The number of piperazine rings is 1. The predicted octanol–water partition coefficient (Wildman–Crippen LogP) is 1.01. The lowest BCUT2D eigenvalue weighted by molar-refractivity contribution is -0.129. The van der Waals surface area contributed by atoms with Gasteiger partial charge in [-0.1, -0.05) is 6.92 Å². The van der Waals surface area contributed by atoms with Crippen LogP contribution in [0.1, 0.15) is 19.0 Å². The van der Waals surface area contributed by atoms with Crippen LogP contribution in [-0.4, -0.2) is 52.1 Å². The third-order valence-corrected chi connectivity index (χ3v) is 4.62. The van der Waals surface area contributed by atoms with Crippen LogP contribution in [0.25, 0.3) is 0 Å². The van der Waals surface area contributed by atoms with Gasteiger partial charge in [-0.2, -0.15) is 5.26 Å². The van der Waals surface area contributed by atoms with Gasteiger partial charge >= 0.3 is 0 Å². The van der Waals surface area contributed by atoms with Crippen molar-refractivity contribution in [3.8, 4) is 6.07 Å². The Kier molecular flexibility index (Phi) is 3.68. The number of halogens is 1. The molecule has 3 rings (SSSR count). The molecular weight excluding hydrogens is 290 g/mol. The van der Waals surface area contributed by atoms with Gasteiger partial charge in [-0.05, 0) is 24.5 Å². The van der Waals surface area contributed by atoms with Gasteiger partial charge in [0, 0.05) is 19.1 Å². The fourth-order valence-electron chi connectivity index (χ4n) is 3.40. The molecule has 3 heterocycles. The van der Waals surface area contributed by atoms with E-state index in [1.165, 1.54) is 0 Å². The lowest BCUT2D eigenvalue weighted by Crippen LogP contribution is -2.56. The number of hydrogen-bond acceptors (Lipinski definition) is 5. The highest BCUT2D eigenvalue weighted by Crippen LogP contribution is 2.37. The molecule has 2 aliphatic heterocycles. The second-order valence-electron chi connectivity index (χ2n) is 5.66. The van der Waals surface area contributed by atoms with E-state index in [1.807, 2.05) is 17.0 Å². The fourth-order valence-corrected chi connectivity index (χ4v) is 3.57. The Morgan fingerprint density at radius 1 is 1.48 bits per heavy atom. The molecule has 1 aromatic rings. The smallest absolute Gasteiger partial charge is 0.237 e. The zero-order valence-corrected chi connectivity index (χ0v) is 12.5. The third-order valence-electron chi connectivity index (χ3n) is 4.39. The van der Waals surface area contributed by atoms with Crippen molar-refractivity contribution in [2.75, 3.05) is 23.9 Å². The number of rotatable bonds is 2. The monoisotopic (exact) mass is 305 g/mol. The van der Waals surface area contributed by atoms with Gasteiger partial charge in [0.2, 0.25) is 5.91 Å². The van der Waals surface area contributed by atoms with E-state index in [9.17, 15) is 4.79 Å². The van der Waals surface area contributed by atoms with E-state index < -0.39 is 0 Å². The molecule has 7 heteroatoms. The minimum atomic E-state index is -0.00803. The molecule has 2 bridgehead atoms. The summed E-state index contributed by atoms with van der Waals surface area (Å²) in [5, 5.41) is 16.9. The largest absolute Gasteiger partial charge is 0.345 e. The molecule has 3 atom stereocenters. The average Bonchev–Trinajstić information content (AvgIpc) is 2.72. The standard InChI is InChI=1S/C14H16ClN5O/c1-9-4-11-7-19(14(21)5-15)8-12(9)20(11)13-3-2-10(6-16)17-18-13/h2-3,9,11-12H,4-5,7-8H2,1H3/t9-,11?,12?/m0/s1. The fraction of sp³-hybridized carbons (Fsp3) is 0.571. The molecule has 2 aliphatic rings. The average molecular weight is 306 g/mol. The van der Waals surface area contributed by atoms with Crippen LogP contribution in [0.5, 0.6) is 0 Å². The van der Waals surface area contributed by atoms with Crippen LogP contribution >= 0.6 is 11.6 Å². The second kappa shape index (κ2) is 5.49. The van der Waals surface area contributed by atoms with Crippen LogP contribution in [0.3, 0.4) is 0 Å². The summed E-state index contributed by atoms with van der Waals surface area (Å²) in [5.41, 5.74) is 0.315. The van der Waals surface area contributed by atoms with Crippen molar-refractivity contribution in [3.05, 3.63) is 17.8 Å². The van der Waals surface area contributed by atoms with Gasteiger partial charge in [-0.3, -0.25) is 4.79 Å². The summed E-state index contributed by atoms with van der Waals surface area (Å²) >= 11 is 5.67. The molecule has 2 unspecified atom stereocenters. The number of amides is 1. The van der Waals surface area contributed by atoms with Crippen molar-refractivity contribution < 1.29 is 4.79 Å². The Bertz CT molecular complexity index is 584. The zero-order chi connectivity index (χ0) is 15.0. The molecule has 2 saturated heterocycles. The molecule has 0 radical (unpaired) electrons. The molecular formula is C14H16ClN5O. The first kappa shape index (κ1) is 14.1. The Balaban J connectivity index is 1.84. The minimum Gasteiger partial charge on any atom is -0.345 e. The van der Waals surface area contributed by atoms with Crippen LogP contribution in [0.15, 0.2) is 12.1 Å². The highest BCUT2D eigenvalue weighted by atomic mass is 35.5. The molecule has 0 saturated carbocycles. The Morgan fingerprint density at radius 3 is 2.86 bits per heavy atom. The van der Waals surface area contributed by atoms with Gasteiger partial charge in [-0.25, -0.2) is 0 Å². The lowest BCUT2D eigenvalue weighted by atomic mass is 10.0. The first-order valence-electron chi connectivity index (χ1n) is 7.00. The van der Waals surface area contributed by atoms with Crippen LogP contribution in [0, 0.1) is 17.2 Å². The van der Waals surface area contributed by atoms with Crippen LogP contribution in [0.2, 0.25) is 0 Å². The van der Waals surface area contributed by atoms with E-state index in [-0.39, 0.29) is 23.9 Å². The summed E-state index contributed by atoms with van der Waals surface area (Å²) in [5.74, 6) is 1.29. The van der Waals surface area contributed by atoms with E-state index in [2.05, 4.69) is 22.0 Å². The maximum atomic E-state index is 11.8. The SMILES string of the molecule is C[C@H]1CC2CN(C(=O)CCl)CC1N2c1ccc(C#N)nn1. The first-order valence-corrected chi connectivity index (χ1v) is 7.53. The van der Waals surface area contributed by atoms with E-state index >= 15 is 0 Å². The van der Waals surface area contributed by atoms with Gasteiger partial charge < -0.3 is 9.80 Å². The molecule has 6 nitrogen and oxygen atoms in total. The highest BCUT2D eigenvalue weighted by molar-refractivity contribution is 6.27. The lowest BCUT2D eigenvalue weighted by Gasteiger charge is -2.42. The number of anilines is 1. The van der Waals surface area contributed by atoms with E-state index in [0.717, 1.165) is 12.2 Å². The summed E-state index contributed by atoms with van der Waals surface area (Å²) in [6, 6.07) is 5.97. The third kappa shape index (κ3) is 2.42. The number of carbonyl (C=O) groups excluding carboxylic acids is 1. The maximum absolute atomic E-state index is 11.8. The molecule has 0 aromatic carbocycles. The molecule has 1 aromatic heterocycles. The number of nitriles is 1. The van der Waals surface area contributed by atoms with Gasteiger partial charge in [0.15, 0.2) is 11.5 Å². The number of fused-ring (bicyclic) bond motifs is 2. The summed E-state index contributed by atoms with van der Waals surface area (Å²) in [6.07, 6.45) is 1.03. The number of nitrogens with zero attached hydrogens (tertiary/aromatic N) is 5. The number of hydrogen-bond donors (Lipinski definition) is 0. The van der Waals surface area contributed by atoms with Gasteiger partial charge in [0.1, 0.15) is 11.9 Å². The van der Waals surface area contributed by atoms with Gasteiger partial charge in [0.25, 0.3) is 0 Å². The Hall–Kier alpha value is -1.87. The second-order valence-corrected chi connectivity index (χ2v) is 5.93. The van der Waals surface area contributed by atoms with Crippen molar-refractivity contribution >= 4 is 23.3 Å². The van der Waals surface area contributed by atoms with Gasteiger partial charge in [-0.15, -0.1) is 21.8 Å². The van der Waals surface area contributed by atoms with E-state index in [0.29, 0.717) is 24.7 Å². The maximum Gasteiger partial charge on any atom is 0.237 e. The van der Waals surface area contributed by atoms with Crippen molar-refractivity contribution in [3.63, 3.8) is 0 Å². The van der Waals surface area contributed by atoms with Gasteiger partial charge in [0.05, 0.1) is 6.04 Å². The Labute approximate surface area is 128 Å². The van der Waals surface area contributed by atoms with E-state index in [1.54, 1.807) is 6.07 Å².